The van der Waals surface area contributed by atoms with E-state index in [0.29, 0.717) is 11.4 Å². The van der Waals surface area contributed by atoms with Crippen molar-refractivity contribution >= 4 is 26.6 Å². The summed E-state index contributed by atoms with van der Waals surface area (Å²) in [6.45, 7) is 1.83. The SMILES string of the molecule is COc1ccc(C)cc1S(=O)(=O)Nc1ccc2cn[nH]c2c1. The Morgan fingerprint density at radius 3 is 2.77 bits per heavy atom. The molecule has 0 unspecified atom stereocenters. The van der Waals surface area contributed by atoms with E-state index < -0.39 is 10.0 Å². The molecule has 7 heteroatoms. The lowest BCUT2D eigenvalue weighted by Crippen LogP contribution is -2.14. The first-order valence-electron chi connectivity index (χ1n) is 6.60. The highest BCUT2D eigenvalue weighted by atomic mass is 32.2. The predicted octanol–water partition coefficient (Wildman–Crippen LogP) is 2.68. The van der Waals surface area contributed by atoms with Gasteiger partial charge in [-0.05, 0) is 42.8 Å². The second-order valence-electron chi connectivity index (χ2n) is 4.93. The summed E-state index contributed by atoms with van der Waals surface area (Å²) in [6, 6.07) is 10.2. The van der Waals surface area contributed by atoms with Gasteiger partial charge < -0.3 is 4.74 Å². The molecule has 0 radical (unpaired) electrons. The highest BCUT2D eigenvalue weighted by molar-refractivity contribution is 7.92. The Balaban J connectivity index is 2.01. The maximum absolute atomic E-state index is 12.6. The third-order valence-electron chi connectivity index (χ3n) is 3.30. The third-order valence-corrected chi connectivity index (χ3v) is 4.71. The first kappa shape index (κ1) is 14.4. The number of ether oxygens (including phenoxy) is 1. The molecule has 1 heterocycles. The molecule has 0 saturated carbocycles. The molecule has 0 spiro atoms. The molecule has 0 fully saturated rings. The number of rotatable bonds is 4. The van der Waals surface area contributed by atoms with Crippen LogP contribution in [0.3, 0.4) is 0 Å². The van der Waals surface area contributed by atoms with Crippen LogP contribution < -0.4 is 9.46 Å². The molecule has 2 N–H and O–H groups in total. The summed E-state index contributed by atoms with van der Waals surface area (Å²) < 4.78 is 32.9. The number of aryl methyl sites for hydroxylation is 1. The molecule has 0 saturated heterocycles. The average Bonchev–Trinajstić information content (AvgIpc) is 2.94. The van der Waals surface area contributed by atoms with Crippen LogP contribution in [0.2, 0.25) is 0 Å². The Kier molecular flexibility index (Phi) is 3.50. The first-order valence-corrected chi connectivity index (χ1v) is 8.08. The molecule has 6 nitrogen and oxygen atoms in total. The zero-order valence-corrected chi connectivity index (χ0v) is 12.9. The minimum absolute atomic E-state index is 0.111. The van der Waals surface area contributed by atoms with Crippen LogP contribution in [0, 0.1) is 6.92 Å². The van der Waals surface area contributed by atoms with E-state index in [9.17, 15) is 8.42 Å². The number of nitrogens with zero attached hydrogens (tertiary/aromatic N) is 1. The van der Waals surface area contributed by atoms with E-state index in [4.69, 9.17) is 4.74 Å². The monoisotopic (exact) mass is 317 g/mol. The van der Waals surface area contributed by atoms with Crippen LogP contribution in [0.1, 0.15) is 5.56 Å². The van der Waals surface area contributed by atoms with Crippen molar-refractivity contribution in [1.29, 1.82) is 0 Å². The molecule has 0 aliphatic rings. The molecular formula is C15H15N3O3S. The number of nitrogens with one attached hydrogen (secondary N) is 2. The van der Waals surface area contributed by atoms with Gasteiger partial charge in [0, 0.05) is 5.39 Å². The number of methoxy groups -OCH3 is 1. The number of fused-ring (bicyclic) bond motifs is 1. The van der Waals surface area contributed by atoms with Crippen LogP contribution in [0.4, 0.5) is 5.69 Å². The van der Waals surface area contributed by atoms with Crippen LogP contribution in [0.15, 0.2) is 47.5 Å². The van der Waals surface area contributed by atoms with E-state index in [1.165, 1.54) is 7.11 Å². The summed E-state index contributed by atoms with van der Waals surface area (Å²) >= 11 is 0. The van der Waals surface area contributed by atoms with Crippen LogP contribution in [-0.2, 0) is 10.0 Å². The highest BCUT2D eigenvalue weighted by Gasteiger charge is 2.20. The fourth-order valence-corrected chi connectivity index (χ4v) is 3.51. The lowest BCUT2D eigenvalue weighted by atomic mass is 10.2. The zero-order chi connectivity index (χ0) is 15.7. The van der Waals surface area contributed by atoms with Gasteiger partial charge in [-0.2, -0.15) is 5.10 Å². The van der Waals surface area contributed by atoms with Crippen molar-refractivity contribution in [2.75, 3.05) is 11.8 Å². The van der Waals surface area contributed by atoms with Gasteiger partial charge in [0.1, 0.15) is 10.6 Å². The number of hydrogen-bond acceptors (Lipinski definition) is 4. The van der Waals surface area contributed by atoms with Crippen LogP contribution in [-0.4, -0.2) is 25.7 Å². The van der Waals surface area contributed by atoms with E-state index in [-0.39, 0.29) is 4.90 Å². The number of aromatic nitrogens is 2. The molecular weight excluding hydrogens is 302 g/mol. The van der Waals surface area contributed by atoms with Gasteiger partial charge in [0.05, 0.1) is 24.5 Å². The van der Waals surface area contributed by atoms with E-state index in [2.05, 4.69) is 14.9 Å². The van der Waals surface area contributed by atoms with Gasteiger partial charge in [0.2, 0.25) is 0 Å². The Morgan fingerprint density at radius 1 is 1.18 bits per heavy atom. The lowest BCUT2D eigenvalue weighted by Gasteiger charge is -2.12. The molecule has 0 amide bonds. The largest absolute Gasteiger partial charge is 0.495 e. The predicted molar refractivity (Wildman–Crippen MR) is 84.6 cm³/mol. The van der Waals surface area contributed by atoms with E-state index >= 15 is 0 Å². The standard InChI is InChI=1S/C15H15N3O3S/c1-10-3-6-14(21-2)15(7-10)22(19,20)18-12-5-4-11-9-16-17-13(11)8-12/h3-9,18H,1-2H3,(H,16,17). The minimum atomic E-state index is -3.74. The molecule has 2 aromatic carbocycles. The number of sulfonamides is 1. The number of anilines is 1. The van der Waals surface area contributed by atoms with Gasteiger partial charge in [0.25, 0.3) is 10.0 Å². The van der Waals surface area contributed by atoms with Gasteiger partial charge >= 0.3 is 0 Å². The Morgan fingerprint density at radius 2 is 2.00 bits per heavy atom. The summed E-state index contributed by atoms with van der Waals surface area (Å²) in [4.78, 5) is 0.111. The van der Waals surface area contributed by atoms with Gasteiger partial charge in [-0.15, -0.1) is 0 Å². The second kappa shape index (κ2) is 5.34. The molecule has 0 aliphatic heterocycles. The van der Waals surface area contributed by atoms with Crippen LogP contribution >= 0.6 is 0 Å². The average molecular weight is 317 g/mol. The number of H-pyrrole nitrogens is 1. The van der Waals surface area contributed by atoms with Crippen molar-refractivity contribution in [2.24, 2.45) is 0 Å². The summed E-state index contributed by atoms with van der Waals surface area (Å²) in [5.74, 6) is 0.306. The summed E-state index contributed by atoms with van der Waals surface area (Å²) in [6.07, 6.45) is 1.68. The summed E-state index contributed by atoms with van der Waals surface area (Å²) in [5, 5.41) is 7.63. The van der Waals surface area contributed by atoms with E-state index in [0.717, 1.165) is 16.5 Å². The quantitative estimate of drug-likeness (QED) is 0.775. The minimum Gasteiger partial charge on any atom is -0.495 e. The third kappa shape index (κ3) is 2.62. The fraction of sp³-hybridized carbons (Fsp3) is 0.133. The van der Waals surface area contributed by atoms with E-state index in [1.807, 2.05) is 6.92 Å². The first-order chi connectivity index (χ1) is 10.5. The van der Waals surface area contributed by atoms with Gasteiger partial charge in [-0.1, -0.05) is 6.07 Å². The second-order valence-corrected chi connectivity index (χ2v) is 6.58. The Bertz CT molecular complexity index is 932. The van der Waals surface area contributed by atoms with Crippen LogP contribution in [0.25, 0.3) is 10.9 Å². The summed E-state index contributed by atoms with van der Waals surface area (Å²) in [5.41, 5.74) is 2.06. The normalized spacial score (nSPS) is 11.5. The number of benzene rings is 2. The van der Waals surface area contributed by atoms with Gasteiger partial charge in [-0.25, -0.2) is 8.42 Å². The van der Waals surface area contributed by atoms with Crippen molar-refractivity contribution in [2.45, 2.75) is 11.8 Å². The van der Waals surface area contributed by atoms with Crippen LogP contribution in [0.5, 0.6) is 5.75 Å². The molecule has 0 bridgehead atoms. The molecule has 0 aliphatic carbocycles. The molecule has 3 aromatic rings. The molecule has 114 valence electrons. The maximum atomic E-state index is 12.6. The number of hydrogen-bond donors (Lipinski definition) is 2. The maximum Gasteiger partial charge on any atom is 0.265 e. The lowest BCUT2D eigenvalue weighted by molar-refractivity contribution is 0.402. The smallest absolute Gasteiger partial charge is 0.265 e. The molecule has 22 heavy (non-hydrogen) atoms. The van der Waals surface area contributed by atoms with Crippen molar-refractivity contribution in [3.05, 3.63) is 48.2 Å². The van der Waals surface area contributed by atoms with Crippen molar-refractivity contribution in [1.82, 2.24) is 10.2 Å². The highest BCUT2D eigenvalue weighted by Crippen LogP contribution is 2.27. The Hall–Kier alpha value is -2.54. The van der Waals surface area contributed by atoms with Crippen molar-refractivity contribution in [3.8, 4) is 5.75 Å². The topological polar surface area (TPSA) is 84.1 Å². The molecule has 1 aromatic heterocycles. The van der Waals surface area contributed by atoms with Crippen molar-refractivity contribution in [3.63, 3.8) is 0 Å². The number of aromatic amines is 1. The summed E-state index contributed by atoms with van der Waals surface area (Å²) in [7, 11) is -2.29. The fourth-order valence-electron chi connectivity index (χ4n) is 2.20. The van der Waals surface area contributed by atoms with E-state index in [1.54, 1.807) is 42.6 Å². The van der Waals surface area contributed by atoms with Gasteiger partial charge in [0.15, 0.2) is 0 Å². The molecule has 3 rings (SSSR count). The molecule has 0 atom stereocenters. The Labute approximate surface area is 128 Å². The van der Waals surface area contributed by atoms with Crippen molar-refractivity contribution < 1.29 is 13.2 Å². The zero-order valence-electron chi connectivity index (χ0n) is 12.1. The van der Waals surface area contributed by atoms with Gasteiger partial charge in [-0.3, -0.25) is 9.82 Å².